The van der Waals surface area contributed by atoms with Crippen molar-refractivity contribution in [3.63, 3.8) is 0 Å². The molecule has 0 aliphatic carbocycles. The zero-order chi connectivity index (χ0) is 26.8. The van der Waals surface area contributed by atoms with E-state index in [4.69, 9.17) is 4.74 Å². The topological polar surface area (TPSA) is 114 Å². The van der Waals surface area contributed by atoms with Crippen LogP contribution in [0.2, 0.25) is 0 Å². The van der Waals surface area contributed by atoms with Gasteiger partial charge in [0.05, 0.1) is 11.1 Å². The smallest absolute Gasteiger partial charge is 0.336 e. The zero-order valence-corrected chi connectivity index (χ0v) is 20.8. The number of amides is 1. The van der Waals surface area contributed by atoms with Crippen molar-refractivity contribution in [2.45, 2.75) is 4.90 Å². The van der Waals surface area contributed by atoms with Crippen LogP contribution < -0.4 is 14.9 Å². The van der Waals surface area contributed by atoms with Crippen molar-refractivity contribution in [2.75, 3.05) is 4.72 Å². The molecule has 0 saturated carbocycles. The lowest BCUT2D eigenvalue weighted by Gasteiger charge is -2.08. The summed E-state index contributed by atoms with van der Waals surface area (Å²) in [5.41, 5.74) is 4.61. The summed E-state index contributed by atoms with van der Waals surface area (Å²) in [7, 11) is -3.72. The van der Waals surface area contributed by atoms with Gasteiger partial charge in [-0.2, -0.15) is 5.10 Å². The van der Waals surface area contributed by atoms with Crippen LogP contribution in [0.3, 0.4) is 0 Å². The molecule has 38 heavy (non-hydrogen) atoms. The number of hydrazone groups is 1. The molecule has 0 radical (unpaired) electrons. The van der Waals surface area contributed by atoms with Crippen LogP contribution in [0.15, 0.2) is 125 Å². The van der Waals surface area contributed by atoms with Crippen LogP contribution in [-0.2, 0) is 14.8 Å². The highest BCUT2D eigenvalue weighted by Crippen LogP contribution is 2.17. The fraction of sp³-hybridized carbons (Fsp3) is 0. The SMILES string of the molecule is O=C(C=Cc1ccccc1)Oc1ccc(C=NNC(=O)c2ccc(NS(=O)(=O)c3ccccc3)cc2)cc1. The number of nitrogens with one attached hydrogen (secondary N) is 2. The van der Waals surface area contributed by atoms with E-state index in [1.807, 2.05) is 30.3 Å². The van der Waals surface area contributed by atoms with Crippen molar-refractivity contribution in [1.29, 1.82) is 0 Å². The Hall–Kier alpha value is -5.02. The van der Waals surface area contributed by atoms with E-state index in [1.165, 1.54) is 48.7 Å². The molecule has 0 unspecified atom stereocenters. The molecule has 8 nitrogen and oxygen atoms in total. The van der Waals surface area contributed by atoms with Crippen molar-refractivity contribution in [3.8, 4) is 5.75 Å². The van der Waals surface area contributed by atoms with Crippen molar-refractivity contribution >= 4 is 39.9 Å². The first-order valence-corrected chi connectivity index (χ1v) is 12.9. The van der Waals surface area contributed by atoms with Gasteiger partial charge in [0.2, 0.25) is 0 Å². The van der Waals surface area contributed by atoms with Crippen LogP contribution in [-0.4, -0.2) is 26.5 Å². The Labute approximate surface area is 220 Å². The molecule has 0 fully saturated rings. The first-order valence-electron chi connectivity index (χ1n) is 11.5. The van der Waals surface area contributed by atoms with Crippen molar-refractivity contribution in [3.05, 3.63) is 132 Å². The maximum absolute atomic E-state index is 12.4. The van der Waals surface area contributed by atoms with Gasteiger partial charge in [-0.25, -0.2) is 18.6 Å². The van der Waals surface area contributed by atoms with Crippen LogP contribution >= 0.6 is 0 Å². The number of esters is 1. The highest BCUT2D eigenvalue weighted by Gasteiger charge is 2.13. The monoisotopic (exact) mass is 525 g/mol. The maximum Gasteiger partial charge on any atom is 0.336 e. The number of ether oxygens (including phenoxy) is 1. The Kier molecular flexibility index (Phi) is 8.42. The van der Waals surface area contributed by atoms with Gasteiger partial charge in [0.25, 0.3) is 15.9 Å². The summed E-state index contributed by atoms with van der Waals surface area (Å²) in [6, 6.07) is 30.0. The van der Waals surface area contributed by atoms with Crippen molar-refractivity contribution in [1.82, 2.24) is 5.43 Å². The van der Waals surface area contributed by atoms with Gasteiger partial charge in [0.15, 0.2) is 0 Å². The number of sulfonamides is 1. The largest absolute Gasteiger partial charge is 0.423 e. The predicted octanol–water partition coefficient (Wildman–Crippen LogP) is 4.87. The summed E-state index contributed by atoms with van der Waals surface area (Å²) in [4.78, 5) is 24.5. The minimum absolute atomic E-state index is 0.141. The molecule has 190 valence electrons. The number of rotatable bonds is 9. The average molecular weight is 526 g/mol. The Morgan fingerprint density at radius 1 is 0.737 bits per heavy atom. The molecule has 0 spiro atoms. The van der Waals surface area contributed by atoms with Gasteiger partial charge in [-0.1, -0.05) is 48.5 Å². The molecular weight excluding hydrogens is 502 g/mol. The fourth-order valence-electron chi connectivity index (χ4n) is 3.23. The molecule has 0 heterocycles. The molecular formula is C29H23N3O5S. The van der Waals surface area contributed by atoms with E-state index < -0.39 is 21.9 Å². The molecule has 4 aromatic carbocycles. The van der Waals surface area contributed by atoms with Crippen LogP contribution in [0.25, 0.3) is 6.08 Å². The second-order valence-electron chi connectivity index (χ2n) is 7.93. The van der Waals surface area contributed by atoms with Crippen LogP contribution in [0, 0.1) is 0 Å². The minimum Gasteiger partial charge on any atom is -0.423 e. The van der Waals surface area contributed by atoms with Gasteiger partial charge in [-0.15, -0.1) is 0 Å². The standard InChI is InChI=1S/C29H23N3O5S/c33-28(20-13-22-7-3-1-4-8-22)37-26-18-11-23(12-19-26)21-30-31-29(34)24-14-16-25(17-15-24)32-38(35,36)27-9-5-2-6-10-27/h1-21,32H,(H,31,34). The van der Waals surface area contributed by atoms with Crippen LogP contribution in [0.1, 0.15) is 21.5 Å². The molecule has 0 atom stereocenters. The first kappa shape index (κ1) is 26.1. The van der Waals surface area contributed by atoms with Gasteiger partial charge >= 0.3 is 5.97 Å². The number of anilines is 1. The van der Waals surface area contributed by atoms with E-state index in [1.54, 1.807) is 48.5 Å². The fourth-order valence-corrected chi connectivity index (χ4v) is 4.31. The molecule has 1 amide bonds. The number of carbonyl (C=O) groups excluding carboxylic acids is 2. The molecule has 2 N–H and O–H groups in total. The average Bonchev–Trinajstić information content (AvgIpc) is 2.94. The zero-order valence-electron chi connectivity index (χ0n) is 20.0. The number of hydrogen-bond acceptors (Lipinski definition) is 6. The normalized spacial score (nSPS) is 11.4. The molecule has 0 aliphatic rings. The molecule has 0 aliphatic heterocycles. The minimum atomic E-state index is -3.72. The van der Waals surface area contributed by atoms with E-state index in [-0.39, 0.29) is 4.90 Å². The number of benzene rings is 4. The maximum atomic E-state index is 12.4. The van der Waals surface area contributed by atoms with E-state index >= 15 is 0 Å². The summed E-state index contributed by atoms with van der Waals surface area (Å²) in [6.07, 6.45) is 4.47. The van der Waals surface area contributed by atoms with Gasteiger partial charge in [0, 0.05) is 17.3 Å². The molecule has 0 aromatic heterocycles. The van der Waals surface area contributed by atoms with Gasteiger partial charge in [-0.3, -0.25) is 9.52 Å². The molecule has 0 bridgehead atoms. The number of hydrogen-bond donors (Lipinski definition) is 2. The summed E-state index contributed by atoms with van der Waals surface area (Å²) >= 11 is 0. The van der Waals surface area contributed by atoms with Gasteiger partial charge < -0.3 is 4.74 Å². The molecule has 9 heteroatoms. The summed E-state index contributed by atoms with van der Waals surface area (Å²) in [5.74, 6) is -0.590. The lowest BCUT2D eigenvalue weighted by molar-refractivity contribution is -0.128. The van der Waals surface area contributed by atoms with E-state index in [0.717, 1.165) is 5.56 Å². The lowest BCUT2D eigenvalue weighted by Crippen LogP contribution is -2.18. The summed E-state index contributed by atoms with van der Waals surface area (Å²) in [6.45, 7) is 0. The van der Waals surface area contributed by atoms with E-state index in [2.05, 4.69) is 15.2 Å². The van der Waals surface area contributed by atoms with Crippen LogP contribution in [0.5, 0.6) is 5.75 Å². The molecule has 0 saturated heterocycles. The Balaban J connectivity index is 1.27. The highest BCUT2D eigenvalue weighted by molar-refractivity contribution is 7.92. The molecule has 4 rings (SSSR count). The molecule has 4 aromatic rings. The Morgan fingerprint density at radius 2 is 1.37 bits per heavy atom. The third kappa shape index (κ3) is 7.49. The third-order valence-corrected chi connectivity index (χ3v) is 6.54. The van der Waals surface area contributed by atoms with Crippen molar-refractivity contribution < 1.29 is 22.7 Å². The summed E-state index contributed by atoms with van der Waals surface area (Å²) < 4.78 is 32.6. The predicted molar refractivity (Wildman–Crippen MR) is 146 cm³/mol. The third-order valence-electron chi connectivity index (χ3n) is 5.14. The second kappa shape index (κ2) is 12.3. The Bertz CT molecular complexity index is 1550. The first-order chi connectivity index (χ1) is 18.4. The lowest BCUT2D eigenvalue weighted by atomic mass is 10.2. The van der Waals surface area contributed by atoms with Gasteiger partial charge in [-0.05, 0) is 77.9 Å². The van der Waals surface area contributed by atoms with E-state index in [9.17, 15) is 18.0 Å². The van der Waals surface area contributed by atoms with Gasteiger partial charge in [0.1, 0.15) is 5.75 Å². The highest BCUT2D eigenvalue weighted by atomic mass is 32.2. The number of nitrogens with zero attached hydrogens (tertiary/aromatic N) is 1. The quantitative estimate of drug-likeness (QED) is 0.106. The number of carbonyl (C=O) groups is 2. The Morgan fingerprint density at radius 3 is 2.03 bits per heavy atom. The van der Waals surface area contributed by atoms with E-state index in [0.29, 0.717) is 22.6 Å². The second-order valence-corrected chi connectivity index (χ2v) is 9.61. The van der Waals surface area contributed by atoms with Crippen LogP contribution in [0.4, 0.5) is 5.69 Å². The summed E-state index contributed by atoms with van der Waals surface area (Å²) in [5, 5.41) is 3.94. The van der Waals surface area contributed by atoms with Crippen molar-refractivity contribution in [2.24, 2.45) is 5.10 Å².